The van der Waals surface area contributed by atoms with E-state index < -0.39 is 12.8 Å². The Bertz CT molecular complexity index is 929. The zero-order valence-electron chi connectivity index (χ0n) is 14.7. The van der Waals surface area contributed by atoms with Gasteiger partial charge in [0.05, 0.1) is 6.61 Å². The van der Waals surface area contributed by atoms with Crippen LogP contribution < -0.4 is 9.64 Å². The van der Waals surface area contributed by atoms with Crippen LogP contribution >= 0.6 is 11.3 Å². The summed E-state index contributed by atoms with van der Waals surface area (Å²) in [4.78, 5) is 12.2. The molecule has 1 saturated heterocycles. The normalized spacial score (nSPS) is 15.9. The number of benzene rings is 1. The summed E-state index contributed by atoms with van der Waals surface area (Å²) in [6.45, 7) is 1.01. The Morgan fingerprint density at radius 2 is 2.19 bits per heavy atom. The lowest BCUT2D eigenvalue weighted by Crippen LogP contribution is -2.23. The maximum atomic E-state index is 12.7. The van der Waals surface area contributed by atoms with Crippen molar-refractivity contribution in [1.82, 2.24) is 9.97 Å². The fraction of sp³-hybridized carbons (Fsp3) is 0.368. The van der Waals surface area contributed by atoms with Crippen LogP contribution in [0.4, 0.5) is 9.52 Å². The predicted molar refractivity (Wildman–Crippen MR) is 104 cm³/mol. The highest BCUT2D eigenvalue weighted by Gasteiger charge is 2.15. The molecule has 1 N–H and O–H groups in total. The van der Waals surface area contributed by atoms with Crippen molar-refractivity contribution < 1.29 is 18.7 Å². The summed E-state index contributed by atoms with van der Waals surface area (Å²) in [6.07, 6.45) is 7.17. The fourth-order valence-electron chi connectivity index (χ4n) is 2.94. The Balaban J connectivity index is 1.48. The summed E-state index contributed by atoms with van der Waals surface area (Å²) in [5.74, 6) is 0.908. The van der Waals surface area contributed by atoms with Gasteiger partial charge in [-0.3, -0.25) is 0 Å². The summed E-state index contributed by atoms with van der Waals surface area (Å²) >= 11 is 1.65. The smallest absolute Gasteiger partial charge is 0.220 e. The molecule has 142 valence electrons. The van der Waals surface area contributed by atoms with E-state index in [1.807, 2.05) is 12.3 Å². The van der Waals surface area contributed by atoms with Gasteiger partial charge in [0.25, 0.3) is 0 Å². The van der Waals surface area contributed by atoms with Crippen molar-refractivity contribution in [3.63, 3.8) is 0 Å². The van der Waals surface area contributed by atoms with Crippen LogP contribution in [0.1, 0.15) is 23.6 Å². The molecule has 0 spiro atoms. The lowest BCUT2D eigenvalue weighted by atomic mass is 10.3. The van der Waals surface area contributed by atoms with Crippen LogP contribution in [0.25, 0.3) is 23.3 Å². The number of halogens is 1. The molecule has 1 aliphatic rings. The summed E-state index contributed by atoms with van der Waals surface area (Å²) in [5, 5.41) is 10.1. The Morgan fingerprint density at radius 1 is 1.33 bits per heavy atom. The summed E-state index contributed by atoms with van der Waals surface area (Å²) in [7, 11) is 0. The standard InChI is InChI=1S/C19H20FN3O3S/c20-10-14(12-24)25-13-3-5-16-17(9-13)26-18(22-16)6-4-15-11-21-19(27-15)23-7-1-2-8-23/h3-6,9,11,14,24H,1-2,7-8,10,12H2/b6-4+. The van der Waals surface area contributed by atoms with Crippen LogP contribution in [-0.2, 0) is 0 Å². The minimum Gasteiger partial charge on any atom is -0.485 e. The molecule has 3 heterocycles. The summed E-state index contributed by atoms with van der Waals surface area (Å²) in [6, 6.07) is 5.08. The predicted octanol–water partition coefficient (Wildman–Crippen LogP) is 3.76. The van der Waals surface area contributed by atoms with Gasteiger partial charge in [0.2, 0.25) is 5.89 Å². The molecule has 0 radical (unpaired) electrons. The van der Waals surface area contributed by atoms with E-state index in [4.69, 9.17) is 14.3 Å². The number of fused-ring (bicyclic) bond motifs is 1. The number of aromatic nitrogens is 2. The maximum absolute atomic E-state index is 12.7. The van der Waals surface area contributed by atoms with Crippen LogP contribution in [0.3, 0.4) is 0 Å². The second kappa shape index (κ2) is 8.06. The van der Waals surface area contributed by atoms with Crippen molar-refractivity contribution in [2.45, 2.75) is 18.9 Å². The quantitative estimate of drug-likeness (QED) is 0.663. The monoisotopic (exact) mass is 389 g/mol. The van der Waals surface area contributed by atoms with Crippen molar-refractivity contribution >= 4 is 39.7 Å². The Kier molecular flexibility index (Phi) is 5.35. The Labute approximate surface area is 159 Å². The molecular weight excluding hydrogens is 369 g/mol. The average molecular weight is 389 g/mol. The van der Waals surface area contributed by atoms with Gasteiger partial charge < -0.3 is 19.2 Å². The van der Waals surface area contributed by atoms with Gasteiger partial charge in [-0.2, -0.15) is 0 Å². The van der Waals surface area contributed by atoms with Crippen molar-refractivity contribution in [2.24, 2.45) is 0 Å². The van der Waals surface area contributed by atoms with E-state index in [0.717, 1.165) is 23.1 Å². The zero-order valence-corrected chi connectivity index (χ0v) is 15.5. The summed E-state index contributed by atoms with van der Waals surface area (Å²) < 4.78 is 23.8. The maximum Gasteiger partial charge on any atom is 0.220 e. The molecule has 27 heavy (non-hydrogen) atoms. The highest BCUT2D eigenvalue weighted by atomic mass is 32.1. The molecule has 6 nitrogen and oxygen atoms in total. The molecule has 0 bridgehead atoms. The fourth-order valence-corrected chi connectivity index (χ4v) is 3.81. The van der Waals surface area contributed by atoms with Gasteiger partial charge in [-0.05, 0) is 31.1 Å². The first-order chi connectivity index (χ1) is 13.2. The molecule has 1 atom stereocenters. The number of alkyl halides is 1. The molecule has 2 aromatic heterocycles. The molecular formula is C19H20FN3O3S. The topological polar surface area (TPSA) is 71.6 Å². The highest BCUT2D eigenvalue weighted by molar-refractivity contribution is 7.16. The first-order valence-corrected chi connectivity index (χ1v) is 9.70. The number of rotatable bonds is 7. The lowest BCUT2D eigenvalue weighted by molar-refractivity contribution is 0.0932. The van der Waals surface area contributed by atoms with Crippen LogP contribution in [0.2, 0.25) is 0 Å². The molecule has 1 unspecified atom stereocenters. The molecule has 0 amide bonds. The molecule has 0 aliphatic carbocycles. The summed E-state index contributed by atoms with van der Waals surface area (Å²) in [5.41, 5.74) is 1.23. The molecule has 8 heteroatoms. The third-order valence-corrected chi connectivity index (χ3v) is 5.36. The van der Waals surface area contributed by atoms with Gasteiger partial charge in [-0.1, -0.05) is 11.3 Å². The van der Waals surface area contributed by atoms with E-state index in [1.54, 1.807) is 35.6 Å². The number of hydrogen-bond donors (Lipinski definition) is 1. The Hall–Kier alpha value is -2.45. The van der Waals surface area contributed by atoms with Crippen LogP contribution in [0, 0.1) is 0 Å². The largest absolute Gasteiger partial charge is 0.485 e. The van der Waals surface area contributed by atoms with Gasteiger partial charge >= 0.3 is 0 Å². The minimum atomic E-state index is -0.874. The number of aliphatic hydroxyl groups is 1. The van der Waals surface area contributed by atoms with E-state index >= 15 is 0 Å². The Morgan fingerprint density at radius 3 is 2.96 bits per heavy atom. The number of oxazole rings is 1. The second-order valence-corrected chi connectivity index (χ2v) is 7.37. The molecule has 1 fully saturated rings. The number of thiazole rings is 1. The molecule has 0 saturated carbocycles. The molecule has 4 rings (SSSR count). The number of hydrogen-bond acceptors (Lipinski definition) is 7. The lowest BCUT2D eigenvalue weighted by Gasteiger charge is -2.12. The van der Waals surface area contributed by atoms with E-state index in [2.05, 4.69) is 14.9 Å². The third-order valence-electron chi connectivity index (χ3n) is 4.33. The SMILES string of the molecule is OCC(CF)Oc1ccc2nc(/C=C/c3cnc(N4CCCC4)s3)oc2c1. The van der Waals surface area contributed by atoms with Crippen molar-refractivity contribution in [1.29, 1.82) is 0 Å². The first kappa shape index (κ1) is 17.9. The van der Waals surface area contributed by atoms with E-state index in [1.165, 1.54) is 12.8 Å². The van der Waals surface area contributed by atoms with Crippen LogP contribution in [0.15, 0.2) is 28.8 Å². The molecule has 3 aromatic rings. The van der Waals surface area contributed by atoms with Gasteiger partial charge in [-0.15, -0.1) is 0 Å². The number of aliphatic hydroxyl groups excluding tert-OH is 1. The molecule has 1 aromatic carbocycles. The van der Waals surface area contributed by atoms with Crippen LogP contribution in [-0.4, -0.2) is 47.5 Å². The van der Waals surface area contributed by atoms with E-state index in [-0.39, 0.29) is 6.61 Å². The average Bonchev–Trinajstić information content (AvgIpc) is 3.43. The minimum absolute atomic E-state index is 0.382. The van der Waals surface area contributed by atoms with Crippen molar-refractivity contribution in [3.05, 3.63) is 35.2 Å². The number of ether oxygens (including phenoxy) is 1. The second-order valence-electron chi connectivity index (χ2n) is 6.33. The van der Waals surface area contributed by atoms with Crippen LogP contribution in [0.5, 0.6) is 5.75 Å². The van der Waals surface area contributed by atoms with Crippen molar-refractivity contribution in [3.8, 4) is 5.75 Å². The van der Waals surface area contributed by atoms with E-state index in [0.29, 0.717) is 22.7 Å². The van der Waals surface area contributed by atoms with Crippen molar-refractivity contribution in [2.75, 3.05) is 31.3 Å². The first-order valence-electron chi connectivity index (χ1n) is 8.88. The van der Waals surface area contributed by atoms with Gasteiger partial charge in [0.15, 0.2) is 10.7 Å². The number of anilines is 1. The zero-order chi connectivity index (χ0) is 18.6. The highest BCUT2D eigenvalue weighted by Crippen LogP contribution is 2.28. The molecule has 1 aliphatic heterocycles. The van der Waals surface area contributed by atoms with E-state index in [9.17, 15) is 4.39 Å². The third kappa shape index (κ3) is 4.12. The van der Waals surface area contributed by atoms with Gasteiger partial charge in [-0.25, -0.2) is 14.4 Å². The van der Waals surface area contributed by atoms with Gasteiger partial charge in [0.1, 0.15) is 24.0 Å². The number of nitrogens with zero attached hydrogens (tertiary/aromatic N) is 3. The van der Waals surface area contributed by atoms with Gasteiger partial charge in [0, 0.05) is 36.3 Å².